The van der Waals surface area contributed by atoms with E-state index in [0.717, 1.165) is 0 Å². The molecule has 0 aliphatic heterocycles. The predicted molar refractivity (Wildman–Crippen MR) is 119 cm³/mol. The number of hydrogen-bond donors (Lipinski definition) is 1. The molecule has 4 aromatic rings. The fourth-order valence-corrected chi connectivity index (χ4v) is 3.45. The van der Waals surface area contributed by atoms with E-state index in [9.17, 15) is 14.9 Å². The number of carbonyl (C=O) groups excluding carboxylic acids is 1. The summed E-state index contributed by atoms with van der Waals surface area (Å²) in [6, 6.07) is 23.2. The van der Waals surface area contributed by atoms with Crippen LogP contribution in [-0.4, -0.2) is 22.5 Å². The van der Waals surface area contributed by atoms with Gasteiger partial charge < -0.3 is 5.32 Å². The second kappa shape index (κ2) is 8.47. The minimum atomic E-state index is -0.335. The van der Waals surface area contributed by atoms with Crippen LogP contribution in [0.4, 0.5) is 0 Å². The highest BCUT2D eigenvalue weighted by Gasteiger charge is 2.18. The molecule has 6 heteroatoms. The van der Waals surface area contributed by atoms with E-state index >= 15 is 0 Å². The van der Waals surface area contributed by atoms with Gasteiger partial charge in [-0.2, -0.15) is 5.26 Å². The maximum absolute atomic E-state index is 13.6. The molecule has 0 saturated heterocycles. The van der Waals surface area contributed by atoms with Gasteiger partial charge in [0, 0.05) is 36.1 Å². The van der Waals surface area contributed by atoms with Crippen molar-refractivity contribution in [3.63, 3.8) is 0 Å². The van der Waals surface area contributed by atoms with Crippen molar-refractivity contribution in [1.82, 2.24) is 14.9 Å². The first-order valence-corrected chi connectivity index (χ1v) is 9.63. The van der Waals surface area contributed by atoms with Crippen molar-refractivity contribution in [3.8, 4) is 34.1 Å². The summed E-state index contributed by atoms with van der Waals surface area (Å²) in [5.74, 6) is -0.301. The molecule has 0 bridgehead atoms. The van der Waals surface area contributed by atoms with Crippen molar-refractivity contribution in [2.24, 2.45) is 0 Å². The smallest absolute Gasteiger partial charge is 0.263 e. The summed E-state index contributed by atoms with van der Waals surface area (Å²) in [7, 11) is 1.54. The van der Waals surface area contributed by atoms with Gasteiger partial charge in [0.05, 0.1) is 28.6 Å². The molecule has 1 amide bonds. The maximum Gasteiger partial charge on any atom is 0.263 e. The summed E-state index contributed by atoms with van der Waals surface area (Å²) >= 11 is 0. The molecule has 6 nitrogen and oxygen atoms in total. The molecule has 2 heterocycles. The van der Waals surface area contributed by atoms with Crippen LogP contribution < -0.4 is 10.9 Å². The quantitative estimate of drug-likeness (QED) is 0.558. The van der Waals surface area contributed by atoms with Crippen LogP contribution in [0.25, 0.3) is 28.1 Å². The number of nitrogens with zero attached hydrogens (tertiary/aromatic N) is 3. The van der Waals surface area contributed by atoms with Crippen LogP contribution in [0.1, 0.15) is 15.9 Å². The Hall–Kier alpha value is -4.50. The van der Waals surface area contributed by atoms with E-state index in [0.29, 0.717) is 39.2 Å². The average Bonchev–Trinajstić information content (AvgIpc) is 2.84. The molecule has 0 aliphatic carbocycles. The molecule has 2 aromatic heterocycles. The topological polar surface area (TPSA) is 87.8 Å². The van der Waals surface area contributed by atoms with Gasteiger partial charge in [-0.3, -0.25) is 19.1 Å². The third-order valence-corrected chi connectivity index (χ3v) is 4.95. The summed E-state index contributed by atoms with van der Waals surface area (Å²) in [4.78, 5) is 30.4. The van der Waals surface area contributed by atoms with Crippen molar-refractivity contribution in [1.29, 1.82) is 5.26 Å². The Balaban J connectivity index is 2.07. The van der Waals surface area contributed by atoms with Gasteiger partial charge in [0.1, 0.15) is 0 Å². The van der Waals surface area contributed by atoms with E-state index < -0.39 is 0 Å². The lowest BCUT2D eigenvalue weighted by molar-refractivity contribution is 0.0963. The van der Waals surface area contributed by atoms with Crippen molar-refractivity contribution in [2.75, 3.05) is 7.05 Å². The van der Waals surface area contributed by atoms with Crippen LogP contribution in [0.5, 0.6) is 0 Å². The van der Waals surface area contributed by atoms with Gasteiger partial charge in [-0.1, -0.05) is 36.4 Å². The normalized spacial score (nSPS) is 10.3. The standard InChI is InChI=1S/C25H18N4O2/c1-27-24(30)20-10-4-5-12-23(20)29-16-18(22-11-6-7-13-28-22)14-21(25(29)31)19-9-3-2-8-17(19)15-26/h2-14,16H,1H3,(H,27,30). The molecule has 2 aromatic carbocycles. The lowest BCUT2D eigenvalue weighted by Gasteiger charge is -2.15. The van der Waals surface area contributed by atoms with E-state index in [4.69, 9.17) is 0 Å². The fraction of sp³-hybridized carbons (Fsp3) is 0.0400. The third-order valence-electron chi connectivity index (χ3n) is 4.95. The van der Waals surface area contributed by atoms with Crippen molar-refractivity contribution < 1.29 is 4.79 Å². The monoisotopic (exact) mass is 406 g/mol. The van der Waals surface area contributed by atoms with Crippen LogP contribution in [0.15, 0.2) is 90.0 Å². The minimum Gasteiger partial charge on any atom is -0.355 e. The van der Waals surface area contributed by atoms with E-state index in [2.05, 4.69) is 16.4 Å². The fourth-order valence-electron chi connectivity index (χ4n) is 3.45. The van der Waals surface area contributed by atoms with Gasteiger partial charge in [-0.25, -0.2) is 0 Å². The summed E-state index contributed by atoms with van der Waals surface area (Å²) in [6.07, 6.45) is 3.34. The Morgan fingerprint density at radius 2 is 1.74 bits per heavy atom. The summed E-state index contributed by atoms with van der Waals surface area (Å²) in [5, 5.41) is 12.2. The minimum absolute atomic E-state index is 0.301. The lowest BCUT2D eigenvalue weighted by atomic mass is 9.99. The zero-order valence-corrected chi connectivity index (χ0v) is 16.7. The van der Waals surface area contributed by atoms with Gasteiger partial charge in [0.25, 0.3) is 11.5 Å². The first-order chi connectivity index (χ1) is 15.1. The molecular formula is C25H18N4O2. The van der Waals surface area contributed by atoms with Crippen LogP contribution in [-0.2, 0) is 0 Å². The molecule has 0 fully saturated rings. The number of pyridine rings is 2. The number of aromatic nitrogens is 2. The second-order valence-electron chi connectivity index (χ2n) is 6.79. The van der Waals surface area contributed by atoms with Gasteiger partial charge in [0.15, 0.2) is 0 Å². The lowest BCUT2D eigenvalue weighted by Crippen LogP contribution is -2.25. The number of nitrogens with one attached hydrogen (secondary N) is 1. The molecule has 0 unspecified atom stereocenters. The number of rotatable bonds is 4. The largest absolute Gasteiger partial charge is 0.355 e. The molecule has 0 spiro atoms. The van der Waals surface area contributed by atoms with E-state index in [1.165, 1.54) is 4.57 Å². The van der Waals surface area contributed by atoms with Crippen LogP contribution in [0.3, 0.4) is 0 Å². The van der Waals surface area contributed by atoms with Gasteiger partial charge in [-0.05, 0) is 36.4 Å². The van der Waals surface area contributed by atoms with Gasteiger partial charge in [-0.15, -0.1) is 0 Å². The first kappa shape index (κ1) is 19.8. The van der Waals surface area contributed by atoms with Crippen molar-refractivity contribution >= 4 is 5.91 Å². The van der Waals surface area contributed by atoms with E-state index in [-0.39, 0.29) is 11.5 Å². The molecule has 0 saturated carbocycles. The summed E-state index contributed by atoms with van der Waals surface area (Å²) < 4.78 is 1.44. The van der Waals surface area contributed by atoms with Crippen molar-refractivity contribution in [3.05, 3.63) is 107 Å². The Bertz CT molecular complexity index is 1370. The maximum atomic E-state index is 13.6. The molecule has 0 atom stereocenters. The summed E-state index contributed by atoms with van der Waals surface area (Å²) in [6.45, 7) is 0. The Kier molecular flexibility index (Phi) is 5.41. The molecule has 0 radical (unpaired) electrons. The Morgan fingerprint density at radius 3 is 2.48 bits per heavy atom. The zero-order chi connectivity index (χ0) is 21.8. The highest BCUT2D eigenvalue weighted by molar-refractivity contribution is 5.97. The van der Waals surface area contributed by atoms with E-state index in [1.54, 1.807) is 74.0 Å². The molecular weight excluding hydrogens is 388 g/mol. The first-order valence-electron chi connectivity index (χ1n) is 9.63. The number of para-hydroxylation sites is 1. The van der Waals surface area contributed by atoms with E-state index in [1.807, 2.05) is 18.2 Å². The molecule has 31 heavy (non-hydrogen) atoms. The number of hydrogen-bond acceptors (Lipinski definition) is 4. The van der Waals surface area contributed by atoms with Crippen LogP contribution in [0.2, 0.25) is 0 Å². The van der Waals surface area contributed by atoms with Gasteiger partial charge in [0.2, 0.25) is 0 Å². The Labute approximate surface area is 179 Å². The third kappa shape index (κ3) is 3.72. The summed E-state index contributed by atoms with van der Waals surface area (Å²) in [5.41, 5.74) is 3.11. The van der Waals surface area contributed by atoms with Crippen molar-refractivity contribution in [2.45, 2.75) is 0 Å². The average molecular weight is 406 g/mol. The molecule has 0 aliphatic rings. The Morgan fingerprint density at radius 1 is 1.00 bits per heavy atom. The number of nitriles is 1. The highest BCUT2D eigenvalue weighted by atomic mass is 16.1. The highest BCUT2D eigenvalue weighted by Crippen LogP contribution is 2.26. The zero-order valence-electron chi connectivity index (χ0n) is 16.7. The predicted octanol–water partition coefficient (Wildman–Crippen LogP) is 3.80. The molecule has 150 valence electrons. The molecule has 1 N–H and O–H groups in total. The van der Waals surface area contributed by atoms with Gasteiger partial charge >= 0.3 is 0 Å². The van der Waals surface area contributed by atoms with Crippen LogP contribution >= 0.6 is 0 Å². The number of carbonyl (C=O) groups is 1. The van der Waals surface area contributed by atoms with Crippen LogP contribution in [0, 0.1) is 11.3 Å². The SMILES string of the molecule is CNC(=O)c1ccccc1-n1cc(-c2ccccn2)cc(-c2ccccc2C#N)c1=O. The number of amides is 1. The molecule has 4 rings (SSSR count). The number of benzene rings is 2. The second-order valence-corrected chi connectivity index (χ2v) is 6.79.